The molecule has 2 heterocycles. The average molecular weight is 289 g/mol. The van der Waals surface area contributed by atoms with Crippen molar-refractivity contribution in [1.29, 1.82) is 0 Å². The second kappa shape index (κ2) is 4.76. The molecule has 1 fully saturated rings. The van der Waals surface area contributed by atoms with Crippen molar-refractivity contribution >= 4 is 33.0 Å². The van der Waals surface area contributed by atoms with Crippen LogP contribution in [-0.4, -0.2) is 18.5 Å². The maximum Gasteiger partial charge on any atom is 0.142 e. The van der Waals surface area contributed by atoms with Crippen molar-refractivity contribution < 1.29 is 9.53 Å². The fourth-order valence-electron chi connectivity index (χ4n) is 1.82. The van der Waals surface area contributed by atoms with Gasteiger partial charge >= 0.3 is 0 Å². The Bertz CT molecular complexity index is 361. The predicted octanol–water partition coefficient (Wildman–Crippen LogP) is 3.05. The van der Waals surface area contributed by atoms with Crippen LogP contribution in [0.2, 0.25) is 0 Å². The zero-order chi connectivity index (χ0) is 10.8. The summed E-state index contributed by atoms with van der Waals surface area (Å²) in [5.41, 5.74) is 1.10. The number of Topliss-reactive ketones (excluding diaryl/α,β-unsaturated/α-hetero) is 1. The highest BCUT2D eigenvalue weighted by atomic mass is 79.9. The van der Waals surface area contributed by atoms with Gasteiger partial charge in [-0.1, -0.05) is 0 Å². The largest absolute Gasteiger partial charge is 0.378 e. The third-order valence-corrected chi connectivity index (χ3v) is 4.52. The Kier molecular flexibility index (Phi) is 3.59. The molecule has 0 radical (unpaired) electrons. The van der Waals surface area contributed by atoms with Gasteiger partial charge in [0, 0.05) is 12.3 Å². The standard InChI is InChI=1S/C11H13BrO2S/c1-7-4-9(6-14-7)10(13)5-8-2-3-15-11(8)12/h2-3,7,9H,4-6H2,1H3. The van der Waals surface area contributed by atoms with Gasteiger partial charge in [0.2, 0.25) is 0 Å². The van der Waals surface area contributed by atoms with Crippen LogP contribution in [0, 0.1) is 5.92 Å². The van der Waals surface area contributed by atoms with E-state index in [-0.39, 0.29) is 12.0 Å². The van der Waals surface area contributed by atoms with Crippen molar-refractivity contribution in [2.24, 2.45) is 5.92 Å². The smallest absolute Gasteiger partial charge is 0.142 e. The summed E-state index contributed by atoms with van der Waals surface area (Å²) >= 11 is 5.07. The average Bonchev–Trinajstić information content (AvgIpc) is 2.77. The van der Waals surface area contributed by atoms with Gasteiger partial charge in [0.1, 0.15) is 5.78 Å². The molecule has 1 aromatic rings. The van der Waals surface area contributed by atoms with Crippen molar-refractivity contribution in [2.75, 3.05) is 6.61 Å². The number of hydrogen-bond acceptors (Lipinski definition) is 3. The number of carbonyl (C=O) groups is 1. The van der Waals surface area contributed by atoms with Crippen molar-refractivity contribution in [3.05, 3.63) is 20.8 Å². The van der Waals surface area contributed by atoms with Gasteiger partial charge in [-0.2, -0.15) is 0 Å². The van der Waals surface area contributed by atoms with E-state index in [1.54, 1.807) is 11.3 Å². The Labute approximate surface area is 102 Å². The van der Waals surface area contributed by atoms with E-state index in [2.05, 4.69) is 15.9 Å². The molecule has 2 unspecified atom stereocenters. The molecule has 15 heavy (non-hydrogen) atoms. The van der Waals surface area contributed by atoms with Gasteiger partial charge in [0.25, 0.3) is 0 Å². The summed E-state index contributed by atoms with van der Waals surface area (Å²) in [6.07, 6.45) is 1.65. The van der Waals surface area contributed by atoms with Gasteiger partial charge < -0.3 is 4.74 Å². The van der Waals surface area contributed by atoms with Crippen LogP contribution in [0.15, 0.2) is 15.2 Å². The normalized spacial score (nSPS) is 25.7. The van der Waals surface area contributed by atoms with Crippen LogP contribution in [-0.2, 0) is 16.0 Å². The summed E-state index contributed by atoms with van der Waals surface area (Å²) in [5.74, 6) is 0.408. The molecule has 2 nitrogen and oxygen atoms in total. The quantitative estimate of drug-likeness (QED) is 0.855. The molecular weight excluding hydrogens is 276 g/mol. The van der Waals surface area contributed by atoms with Crippen LogP contribution >= 0.6 is 27.3 Å². The van der Waals surface area contributed by atoms with Crippen LogP contribution in [0.25, 0.3) is 0 Å². The summed E-state index contributed by atoms with van der Waals surface area (Å²) in [5, 5.41) is 2.00. The summed E-state index contributed by atoms with van der Waals surface area (Å²) < 4.78 is 6.48. The van der Waals surface area contributed by atoms with Gasteiger partial charge in [0.15, 0.2) is 0 Å². The third-order valence-electron chi connectivity index (χ3n) is 2.71. The molecule has 82 valence electrons. The van der Waals surface area contributed by atoms with E-state index in [1.807, 2.05) is 18.4 Å². The number of hydrogen-bond donors (Lipinski definition) is 0. The van der Waals surface area contributed by atoms with Crippen LogP contribution in [0.1, 0.15) is 18.9 Å². The van der Waals surface area contributed by atoms with E-state index in [9.17, 15) is 4.79 Å². The molecule has 1 aliphatic rings. The van der Waals surface area contributed by atoms with Gasteiger partial charge in [-0.05, 0) is 46.3 Å². The number of ether oxygens (including phenoxy) is 1. The fraction of sp³-hybridized carbons (Fsp3) is 0.545. The summed E-state index contributed by atoms with van der Waals surface area (Å²) in [7, 11) is 0. The van der Waals surface area contributed by atoms with Crippen LogP contribution in [0.4, 0.5) is 0 Å². The summed E-state index contributed by atoms with van der Waals surface area (Å²) in [4.78, 5) is 11.9. The SMILES string of the molecule is CC1CC(C(=O)Cc2ccsc2Br)CO1. The number of rotatable bonds is 3. The predicted molar refractivity (Wildman–Crippen MR) is 64.3 cm³/mol. The molecule has 2 atom stereocenters. The molecule has 0 amide bonds. The van der Waals surface area contributed by atoms with Crippen molar-refractivity contribution in [3.8, 4) is 0 Å². The van der Waals surface area contributed by atoms with E-state index in [0.717, 1.165) is 15.8 Å². The molecule has 0 saturated carbocycles. The topological polar surface area (TPSA) is 26.3 Å². The van der Waals surface area contributed by atoms with Crippen molar-refractivity contribution in [2.45, 2.75) is 25.9 Å². The molecule has 0 aliphatic carbocycles. The lowest BCUT2D eigenvalue weighted by Crippen LogP contribution is -2.16. The Morgan fingerprint density at radius 3 is 3.07 bits per heavy atom. The highest BCUT2D eigenvalue weighted by molar-refractivity contribution is 9.11. The Morgan fingerprint density at radius 2 is 2.53 bits per heavy atom. The maximum atomic E-state index is 11.9. The maximum absolute atomic E-state index is 11.9. The molecule has 0 N–H and O–H groups in total. The lowest BCUT2D eigenvalue weighted by molar-refractivity contribution is -0.122. The van der Waals surface area contributed by atoms with Crippen molar-refractivity contribution in [1.82, 2.24) is 0 Å². The zero-order valence-corrected chi connectivity index (χ0v) is 10.9. The summed E-state index contributed by atoms with van der Waals surface area (Å²) in [6.45, 7) is 2.62. The molecule has 2 rings (SSSR count). The highest BCUT2D eigenvalue weighted by Crippen LogP contribution is 2.27. The van der Waals surface area contributed by atoms with E-state index in [1.165, 1.54) is 0 Å². The fourth-order valence-corrected chi connectivity index (χ4v) is 3.06. The zero-order valence-electron chi connectivity index (χ0n) is 8.53. The Morgan fingerprint density at radius 1 is 1.73 bits per heavy atom. The van der Waals surface area contributed by atoms with Gasteiger partial charge in [-0.15, -0.1) is 11.3 Å². The first-order valence-corrected chi connectivity index (χ1v) is 6.70. The Balaban J connectivity index is 1.95. The molecule has 0 aromatic carbocycles. The van der Waals surface area contributed by atoms with Crippen molar-refractivity contribution in [3.63, 3.8) is 0 Å². The van der Waals surface area contributed by atoms with Gasteiger partial charge in [-0.3, -0.25) is 4.79 Å². The van der Waals surface area contributed by atoms with Crippen LogP contribution in [0.5, 0.6) is 0 Å². The minimum Gasteiger partial charge on any atom is -0.378 e. The first-order valence-electron chi connectivity index (χ1n) is 5.03. The summed E-state index contributed by atoms with van der Waals surface area (Å²) in [6, 6.07) is 2.01. The van der Waals surface area contributed by atoms with E-state index in [0.29, 0.717) is 18.8 Å². The monoisotopic (exact) mass is 288 g/mol. The van der Waals surface area contributed by atoms with E-state index >= 15 is 0 Å². The van der Waals surface area contributed by atoms with E-state index < -0.39 is 0 Å². The molecule has 1 aromatic heterocycles. The van der Waals surface area contributed by atoms with Crippen LogP contribution in [0.3, 0.4) is 0 Å². The molecule has 4 heteroatoms. The molecule has 0 bridgehead atoms. The van der Waals surface area contributed by atoms with E-state index in [4.69, 9.17) is 4.74 Å². The number of carbonyl (C=O) groups excluding carboxylic acids is 1. The Hall–Kier alpha value is -0.190. The minimum atomic E-state index is 0.104. The second-order valence-electron chi connectivity index (χ2n) is 3.94. The molecule has 1 aliphatic heterocycles. The molecule has 0 spiro atoms. The number of halogens is 1. The second-order valence-corrected chi connectivity index (χ2v) is 6.17. The lowest BCUT2D eigenvalue weighted by Gasteiger charge is -2.05. The first kappa shape index (κ1) is 11.3. The van der Waals surface area contributed by atoms with Gasteiger partial charge in [0.05, 0.1) is 16.5 Å². The van der Waals surface area contributed by atoms with Gasteiger partial charge in [-0.25, -0.2) is 0 Å². The lowest BCUT2D eigenvalue weighted by atomic mass is 9.97. The number of thiophene rings is 1. The first-order chi connectivity index (χ1) is 7.16. The molecular formula is C11H13BrO2S. The molecule has 1 saturated heterocycles. The number of ketones is 1. The highest BCUT2D eigenvalue weighted by Gasteiger charge is 2.28. The minimum absolute atomic E-state index is 0.104. The van der Waals surface area contributed by atoms with Crippen LogP contribution < -0.4 is 0 Å². The third kappa shape index (κ3) is 2.68.